The molecule has 0 saturated heterocycles. The smallest absolute Gasteiger partial charge is 0.289 e. The number of aliphatic hydroxyl groups is 1. The molecule has 5 heteroatoms. The summed E-state index contributed by atoms with van der Waals surface area (Å²) in [6.07, 6.45) is 0.519. The summed E-state index contributed by atoms with van der Waals surface area (Å²) >= 11 is 0. The Kier molecular flexibility index (Phi) is 4.09. The summed E-state index contributed by atoms with van der Waals surface area (Å²) in [7, 11) is 0. The number of benzene rings is 1. The van der Waals surface area contributed by atoms with Crippen molar-refractivity contribution in [1.82, 2.24) is 10.5 Å². The number of nitrogens with zero attached hydrogens (tertiary/aromatic N) is 1. The zero-order valence-electron chi connectivity index (χ0n) is 9.80. The monoisotopic (exact) mass is 246 g/mol. The maximum absolute atomic E-state index is 11.6. The molecule has 0 radical (unpaired) electrons. The molecule has 0 aliphatic heterocycles. The van der Waals surface area contributed by atoms with Crippen LogP contribution in [0.5, 0.6) is 0 Å². The molecule has 1 aromatic carbocycles. The average Bonchev–Trinajstić information content (AvgIpc) is 2.89. The number of carbonyl (C=O) groups excluding carboxylic acids is 1. The van der Waals surface area contributed by atoms with Gasteiger partial charge >= 0.3 is 0 Å². The quantitative estimate of drug-likeness (QED) is 0.783. The highest BCUT2D eigenvalue weighted by Crippen LogP contribution is 2.18. The number of aliphatic hydroxyl groups excluding tert-OH is 1. The number of nitrogens with one attached hydrogen (secondary N) is 1. The first-order valence-electron chi connectivity index (χ1n) is 5.72. The van der Waals surface area contributed by atoms with Gasteiger partial charge in [0.15, 0.2) is 0 Å². The van der Waals surface area contributed by atoms with Crippen molar-refractivity contribution >= 4 is 5.91 Å². The molecule has 2 rings (SSSR count). The molecule has 1 amide bonds. The molecule has 0 spiro atoms. The van der Waals surface area contributed by atoms with Crippen molar-refractivity contribution in [3.8, 4) is 11.3 Å². The first-order valence-corrected chi connectivity index (χ1v) is 5.72. The van der Waals surface area contributed by atoms with Crippen LogP contribution in [0.2, 0.25) is 0 Å². The molecule has 2 N–H and O–H groups in total. The number of hydrogen-bond donors (Lipinski definition) is 2. The van der Waals surface area contributed by atoms with Crippen LogP contribution in [0.1, 0.15) is 17.0 Å². The molecule has 2 aromatic rings. The second-order valence-corrected chi connectivity index (χ2v) is 3.78. The van der Waals surface area contributed by atoms with E-state index >= 15 is 0 Å². The number of aromatic nitrogens is 1. The van der Waals surface area contributed by atoms with E-state index in [0.717, 1.165) is 5.56 Å². The second kappa shape index (κ2) is 5.97. The van der Waals surface area contributed by atoms with E-state index in [1.807, 2.05) is 30.3 Å². The van der Waals surface area contributed by atoms with Crippen molar-refractivity contribution in [2.45, 2.75) is 6.42 Å². The SMILES string of the molecule is O=C(NCCCO)c1cc(-c2ccccc2)no1. The molecule has 1 heterocycles. The van der Waals surface area contributed by atoms with E-state index in [1.54, 1.807) is 6.07 Å². The molecule has 0 fully saturated rings. The molecule has 0 bridgehead atoms. The summed E-state index contributed by atoms with van der Waals surface area (Å²) in [6.45, 7) is 0.461. The Morgan fingerprint density at radius 3 is 2.83 bits per heavy atom. The van der Waals surface area contributed by atoms with Crippen molar-refractivity contribution in [2.75, 3.05) is 13.2 Å². The summed E-state index contributed by atoms with van der Waals surface area (Å²) in [5, 5.41) is 15.1. The van der Waals surface area contributed by atoms with E-state index in [9.17, 15) is 4.79 Å². The molecular formula is C13H14N2O3. The van der Waals surface area contributed by atoms with Crippen LogP contribution >= 0.6 is 0 Å². The van der Waals surface area contributed by atoms with Gasteiger partial charge in [-0.15, -0.1) is 0 Å². The molecule has 0 aliphatic carbocycles. The summed E-state index contributed by atoms with van der Waals surface area (Å²) in [6, 6.07) is 11.1. The van der Waals surface area contributed by atoms with Gasteiger partial charge in [-0.25, -0.2) is 0 Å². The van der Waals surface area contributed by atoms with Gasteiger partial charge in [-0.2, -0.15) is 0 Å². The first-order chi connectivity index (χ1) is 8.81. The van der Waals surface area contributed by atoms with Crippen LogP contribution in [0, 0.1) is 0 Å². The van der Waals surface area contributed by atoms with Crippen molar-refractivity contribution < 1.29 is 14.4 Å². The first kappa shape index (κ1) is 12.3. The van der Waals surface area contributed by atoms with E-state index in [4.69, 9.17) is 9.63 Å². The fourth-order valence-electron chi connectivity index (χ4n) is 1.50. The van der Waals surface area contributed by atoms with Crippen LogP contribution in [0.25, 0.3) is 11.3 Å². The van der Waals surface area contributed by atoms with Crippen LogP contribution < -0.4 is 5.32 Å². The minimum atomic E-state index is -0.321. The van der Waals surface area contributed by atoms with E-state index in [-0.39, 0.29) is 18.3 Å². The van der Waals surface area contributed by atoms with Crippen LogP contribution in [-0.4, -0.2) is 29.3 Å². The summed E-state index contributed by atoms with van der Waals surface area (Å²) in [5.41, 5.74) is 1.53. The Morgan fingerprint density at radius 2 is 2.11 bits per heavy atom. The van der Waals surface area contributed by atoms with E-state index in [2.05, 4.69) is 10.5 Å². The van der Waals surface area contributed by atoms with Gasteiger partial charge in [0, 0.05) is 24.8 Å². The molecule has 5 nitrogen and oxygen atoms in total. The molecule has 0 aliphatic rings. The Hall–Kier alpha value is -2.14. The third kappa shape index (κ3) is 2.95. The zero-order valence-corrected chi connectivity index (χ0v) is 9.80. The minimum absolute atomic E-state index is 0.0476. The zero-order chi connectivity index (χ0) is 12.8. The lowest BCUT2D eigenvalue weighted by molar-refractivity contribution is 0.0914. The molecule has 0 atom stereocenters. The Labute approximate surface area is 104 Å². The van der Waals surface area contributed by atoms with Gasteiger partial charge in [-0.3, -0.25) is 4.79 Å². The lowest BCUT2D eigenvalue weighted by Crippen LogP contribution is -2.24. The predicted molar refractivity (Wildman–Crippen MR) is 66.0 cm³/mol. The van der Waals surface area contributed by atoms with Crippen molar-refractivity contribution in [2.24, 2.45) is 0 Å². The van der Waals surface area contributed by atoms with Gasteiger partial charge in [0.1, 0.15) is 5.69 Å². The third-order valence-corrected chi connectivity index (χ3v) is 2.42. The fourth-order valence-corrected chi connectivity index (χ4v) is 1.50. The van der Waals surface area contributed by atoms with Gasteiger partial charge in [0.05, 0.1) is 0 Å². The standard InChI is InChI=1S/C13H14N2O3/c16-8-4-7-14-13(17)12-9-11(15-18-12)10-5-2-1-3-6-10/h1-3,5-6,9,16H,4,7-8H2,(H,14,17). The molecule has 0 saturated carbocycles. The van der Waals surface area contributed by atoms with E-state index in [1.165, 1.54) is 0 Å². The Bertz CT molecular complexity index is 508. The Balaban J connectivity index is 2.04. The normalized spacial score (nSPS) is 10.3. The lowest BCUT2D eigenvalue weighted by atomic mass is 10.1. The molecule has 94 valence electrons. The van der Waals surface area contributed by atoms with Gasteiger partial charge in [-0.05, 0) is 6.42 Å². The topological polar surface area (TPSA) is 75.4 Å². The average molecular weight is 246 g/mol. The molecule has 0 unspecified atom stereocenters. The maximum Gasteiger partial charge on any atom is 0.289 e. The van der Waals surface area contributed by atoms with Crippen LogP contribution in [0.4, 0.5) is 0 Å². The summed E-state index contributed by atoms with van der Waals surface area (Å²) in [4.78, 5) is 11.6. The number of carbonyl (C=O) groups is 1. The largest absolute Gasteiger partial charge is 0.396 e. The van der Waals surface area contributed by atoms with Crippen molar-refractivity contribution in [3.63, 3.8) is 0 Å². The minimum Gasteiger partial charge on any atom is -0.396 e. The van der Waals surface area contributed by atoms with Gasteiger partial charge in [0.2, 0.25) is 5.76 Å². The molecule has 18 heavy (non-hydrogen) atoms. The third-order valence-electron chi connectivity index (χ3n) is 2.42. The molecule has 1 aromatic heterocycles. The number of hydrogen-bond acceptors (Lipinski definition) is 4. The van der Waals surface area contributed by atoms with Crippen molar-refractivity contribution in [3.05, 3.63) is 42.2 Å². The highest BCUT2D eigenvalue weighted by atomic mass is 16.5. The highest BCUT2D eigenvalue weighted by molar-refractivity contribution is 5.92. The summed E-state index contributed by atoms with van der Waals surface area (Å²) in [5.74, 6) is -0.148. The Morgan fingerprint density at radius 1 is 1.33 bits per heavy atom. The predicted octanol–water partition coefficient (Wildman–Crippen LogP) is 1.45. The fraction of sp³-hybridized carbons (Fsp3) is 0.231. The maximum atomic E-state index is 11.6. The van der Waals surface area contributed by atoms with Gasteiger partial charge in [0.25, 0.3) is 5.91 Å². The lowest BCUT2D eigenvalue weighted by Gasteiger charge is -1.99. The van der Waals surface area contributed by atoms with E-state index in [0.29, 0.717) is 18.7 Å². The summed E-state index contributed by atoms with van der Waals surface area (Å²) < 4.78 is 4.99. The van der Waals surface area contributed by atoms with E-state index < -0.39 is 0 Å². The molecular weight excluding hydrogens is 232 g/mol. The van der Waals surface area contributed by atoms with Crippen LogP contribution in [0.15, 0.2) is 40.9 Å². The number of amides is 1. The van der Waals surface area contributed by atoms with Gasteiger partial charge < -0.3 is 14.9 Å². The number of rotatable bonds is 5. The second-order valence-electron chi connectivity index (χ2n) is 3.78. The van der Waals surface area contributed by atoms with Gasteiger partial charge in [-0.1, -0.05) is 35.5 Å². The van der Waals surface area contributed by atoms with Crippen molar-refractivity contribution in [1.29, 1.82) is 0 Å². The van der Waals surface area contributed by atoms with Crippen LogP contribution in [-0.2, 0) is 0 Å². The highest BCUT2D eigenvalue weighted by Gasteiger charge is 2.12. The van der Waals surface area contributed by atoms with Crippen LogP contribution in [0.3, 0.4) is 0 Å².